The van der Waals surface area contributed by atoms with Crippen molar-refractivity contribution in [3.63, 3.8) is 0 Å². The molecule has 3 aliphatic carbocycles. The summed E-state index contributed by atoms with van der Waals surface area (Å²) in [5, 5.41) is 2.10. The molecule has 3 fully saturated rings. The third-order valence-electron chi connectivity index (χ3n) is 12.3. The van der Waals surface area contributed by atoms with E-state index in [0.29, 0.717) is 0 Å². The molecule has 0 aromatic heterocycles. The van der Waals surface area contributed by atoms with Gasteiger partial charge in [0.15, 0.2) is 0 Å². The second kappa shape index (κ2) is 29.7. The first-order valence-corrected chi connectivity index (χ1v) is 22.7. The van der Waals surface area contributed by atoms with Crippen LogP contribution in [0.5, 0.6) is 0 Å². The highest BCUT2D eigenvalue weighted by atomic mass is 32.2. The molecule has 3 heteroatoms. The van der Waals surface area contributed by atoms with Crippen LogP contribution in [-0.2, 0) is 0 Å². The highest BCUT2D eigenvalue weighted by Gasteiger charge is 2.39. The molecule has 0 heterocycles. The molecule has 0 saturated heterocycles. The minimum atomic E-state index is 0.736. The normalized spacial score (nSPS) is 19.1. The number of aliphatic imine (C=N–C) groups is 1. The molecule has 0 unspecified atom stereocenters. The third kappa shape index (κ3) is 22.7. The van der Waals surface area contributed by atoms with Gasteiger partial charge in [-0.05, 0) is 145 Å². The molecule has 0 aromatic rings. The van der Waals surface area contributed by atoms with Crippen molar-refractivity contribution in [3.05, 3.63) is 35.9 Å². The van der Waals surface area contributed by atoms with Gasteiger partial charge in [-0.15, -0.1) is 0 Å². The Labute approximate surface area is 312 Å². The zero-order chi connectivity index (χ0) is 35.3. The van der Waals surface area contributed by atoms with Crippen molar-refractivity contribution in [1.82, 2.24) is 4.31 Å². The van der Waals surface area contributed by atoms with Crippen molar-refractivity contribution in [1.29, 1.82) is 0 Å². The van der Waals surface area contributed by atoms with Crippen molar-refractivity contribution < 1.29 is 0 Å². The number of nitrogens with zero attached hydrogens (tertiary/aromatic N) is 2. The van der Waals surface area contributed by atoms with Crippen LogP contribution in [0.25, 0.3) is 0 Å². The van der Waals surface area contributed by atoms with E-state index in [-0.39, 0.29) is 0 Å². The van der Waals surface area contributed by atoms with E-state index in [2.05, 4.69) is 48.4 Å². The van der Waals surface area contributed by atoms with Gasteiger partial charge in [-0.25, -0.2) is 4.31 Å². The molecular formula is C46H84N2S. The van der Waals surface area contributed by atoms with Gasteiger partial charge in [0, 0.05) is 24.7 Å². The van der Waals surface area contributed by atoms with E-state index in [1.165, 1.54) is 230 Å². The topological polar surface area (TPSA) is 15.6 Å². The lowest BCUT2D eigenvalue weighted by Gasteiger charge is -2.47. The van der Waals surface area contributed by atoms with Gasteiger partial charge < -0.3 is 0 Å². The fraction of sp³-hybridized carbons (Fsp3) is 0.848. The zero-order valence-electron chi connectivity index (χ0n) is 33.3. The fourth-order valence-corrected chi connectivity index (χ4v) is 9.66. The number of hydrogen-bond acceptors (Lipinski definition) is 3. The van der Waals surface area contributed by atoms with Gasteiger partial charge in [0.05, 0.1) is 0 Å². The van der Waals surface area contributed by atoms with E-state index in [0.717, 1.165) is 17.3 Å². The van der Waals surface area contributed by atoms with E-state index in [9.17, 15) is 0 Å². The summed E-state index contributed by atoms with van der Waals surface area (Å²) in [6.45, 7) is 19.5. The number of allylic oxidation sites excluding steroid dienone is 2. The summed E-state index contributed by atoms with van der Waals surface area (Å²) in [5.74, 6) is 2.04. The second-order valence-corrected chi connectivity index (χ2v) is 17.6. The van der Waals surface area contributed by atoms with E-state index >= 15 is 0 Å². The van der Waals surface area contributed by atoms with Crippen molar-refractivity contribution in [2.75, 3.05) is 13.1 Å². The lowest BCUT2D eigenvalue weighted by molar-refractivity contribution is 0.0548. The van der Waals surface area contributed by atoms with E-state index < -0.39 is 0 Å². The number of fused-ring (bicyclic) bond motifs is 3. The molecule has 3 saturated carbocycles. The van der Waals surface area contributed by atoms with Crippen molar-refractivity contribution in [3.8, 4) is 0 Å². The summed E-state index contributed by atoms with van der Waals surface area (Å²) in [5.41, 5.74) is 3.76. The standard InChI is InChI=1S/C46H84N2S/c1-6-8-16-28-44(29-17-9-7-2)30-22-26-42(3)24-18-12-10-14-20-39-48(49-41-38-47-5)40-21-15-11-13-19-25-43(4)27-23-34-46-35-31-45(32-36-46)33-37-46/h38,41,44-45H,3-37,39-40H2,1-2H3/b41-38-. The predicted molar refractivity (Wildman–Crippen MR) is 225 cm³/mol. The molecule has 3 rings (SSSR count). The first-order chi connectivity index (χ1) is 24.0. The van der Waals surface area contributed by atoms with Crippen LogP contribution >= 0.6 is 11.9 Å². The van der Waals surface area contributed by atoms with Crippen molar-refractivity contribution in [2.45, 2.75) is 219 Å². The maximum atomic E-state index is 4.45. The van der Waals surface area contributed by atoms with E-state index in [4.69, 9.17) is 0 Å². The molecule has 0 radical (unpaired) electrons. The maximum absolute atomic E-state index is 4.45. The Balaban J connectivity index is 1.45. The Morgan fingerprint density at radius 3 is 1.65 bits per heavy atom. The van der Waals surface area contributed by atoms with Crippen molar-refractivity contribution in [2.24, 2.45) is 22.2 Å². The van der Waals surface area contributed by atoms with Gasteiger partial charge in [-0.1, -0.05) is 134 Å². The summed E-state index contributed by atoms with van der Waals surface area (Å²) in [4.78, 5) is 3.91. The van der Waals surface area contributed by atoms with Gasteiger partial charge >= 0.3 is 0 Å². The maximum Gasteiger partial charge on any atom is 0.0336 e. The summed E-state index contributed by atoms with van der Waals surface area (Å²) < 4.78 is 2.56. The predicted octanol–water partition coefficient (Wildman–Crippen LogP) is 16.0. The molecule has 2 bridgehead atoms. The van der Waals surface area contributed by atoms with Gasteiger partial charge in [0.2, 0.25) is 0 Å². The van der Waals surface area contributed by atoms with Crippen molar-refractivity contribution >= 4 is 18.7 Å². The molecule has 2 nitrogen and oxygen atoms in total. The summed E-state index contributed by atoms with van der Waals surface area (Å²) >= 11 is 1.83. The van der Waals surface area contributed by atoms with Crippen LogP contribution in [0.4, 0.5) is 0 Å². The van der Waals surface area contributed by atoms with Crippen LogP contribution in [-0.4, -0.2) is 24.1 Å². The average Bonchev–Trinajstić information content (AvgIpc) is 3.11. The Morgan fingerprint density at radius 1 is 0.653 bits per heavy atom. The monoisotopic (exact) mass is 697 g/mol. The fourth-order valence-electron chi connectivity index (χ4n) is 8.88. The minimum absolute atomic E-state index is 0.736. The van der Waals surface area contributed by atoms with Gasteiger partial charge in [0.25, 0.3) is 0 Å². The molecule has 3 aliphatic rings. The van der Waals surface area contributed by atoms with Crippen LogP contribution in [0.2, 0.25) is 0 Å². The smallest absolute Gasteiger partial charge is 0.0336 e. The molecule has 0 amide bonds. The molecule has 0 atom stereocenters. The second-order valence-electron chi connectivity index (χ2n) is 16.6. The summed E-state index contributed by atoms with van der Waals surface area (Å²) in [6.07, 6.45) is 46.4. The Bertz CT molecular complexity index is 829. The Hall–Kier alpha value is -0.800. The first-order valence-electron chi connectivity index (χ1n) is 21.9. The SMILES string of the molecule is C=N/C=C\SN(CCCCCCCC(=C)CCCC(CCCCC)CCCCC)CCCCCCCC(=C)CCCC12CCC(CC1)CC2. The van der Waals surface area contributed by atoms with Crippen LogP contribution in [0, 0.1) is 17.3 Å². The largest absolute Gasteiger partial charge is 0.272 e. The third-order valence-corrected chi connectivity index (χ3v) is 13.2. The van der Waals surface area contributed by atoms with E-state index in [1.807, 2.05) is 18.1 Å². The van der Waals surface area contributed by atoms with Gasteiger partial charge in [-0.3, -0.25) is 4.99 Å². The molecule has 284 valence electrons. The summed E-state index contributed by atoms with van der Waals surface area (Å²) in [6, 6.07) is 0. The molecule has 0 aliphatic heterocycles. The van der Waals surface area contributed by atoms with Gasteiger partial charge in [-0.2, -0.15) is 0 Å². The van der Waals surface area contributed by atoms with Crippen LogP contribution in [0.15, 0.2) is 40.9 Å². The molecule has 49 heavy (non-hydrogen) atoms. The lowest BCUT2D eigenvalue weighted by atomic mass is 9.59. The van der Waals surface area contributed by atoms with Crippen LogP contribution in [0.1, 0.15) is 219 Å². The molecule has 0 N–H and O–H groups in total. The quantitative estimate of drug-likeness (QED) is 0.0284. The first kappa shape index (κ1) is 44.4. The minimum Gasteiger partial charge on any atom is -0.272 e. The van der Waals surface area contributed by atoms with Crippen LogP contribution < -0.4 is 0 Å². The Morgan fingerprint density at radius 2 is 1.12 bits per heavy atom. The highest BCUT2D eigenvalue weighted by Crippen LogP contribution is 2.53. The average molecular weight is 697 g/mol. The molecule has 0 spiro atoms. The number of rotatable bonds is 35. The lowest BCUT2D eigenvalue weighted by Crippen LogP contribution is -2.33. The highest BCUT2D eigenvalue weighted by molar-refractivity contribution is 7.99. The van der Waals surface area contributed by atoms with Gasteiger partial charge in [0.1, 0.15) is 0 Å². The summed E-state index contributed by atoms with van der Waals surface area (Å²) in [7, 11) is 0. The molecule has 0 aromatic carbocycles. The Kier molecular flexibility index (Phi) is 26.9. The number of hydrogen-bond donors (Lipinski definition) is 0. The van der Waals surface area contributed by atoms with E-state index in [1.54, 1.807) is 0 Å². The number of unbranched alkanes of at least 4 members (excludes halogenated alkanes) is 12. The molecular weight excluding hydrogens is 613 g/mol. The van der Waals surface area contributed by atoms with Crippen LogP contribution in [0.3, 0.4) is 0 Å². The zero-order valence-corrected chi connectivity index (χ0v) is 34.1.